The molecule has 0 aliphatic heterocycles. The van der Waals surface area contributed by atoms with E-state index < -0.39 is 11.7 Å². The zero-order valence-electron chi connectivity index (χ0n) is 14.8. The summed E-state index contributed by atoms with van der Waals surface area (Å²) in [5.41, 5.74) is -0.228. The number of alkyl halides is 3. The summed E-state index contributed by atoms with van der Waals surface area (Å²) in [7, 11) is 0. The van der Waals surface area contributed by atoms with Gasteiger partial charge >= 0.3 is 6.18 Å². The Bertz CT molecular complexity index is 1280. The summed E-state index contributed by atoms with van der Waals surface area (Å²) in [4.78, 5) is 17.1. The summed E-state index contributed by atoms with van der Waals surface area (Å²) >= 11 is 1.12. The fourth-order valence-electron chi connectivity index (χ4n) is 2.95. The van der Waals surface area contributed by atoms with Gasteiger partial charge in [-0.1, -0.05) is 41.7 Å². The number of nitrogens with zero attached hydrogens (tertiary/aromatic N) is 3. The minimum absolute atomic E-state index is 0.107. The molecule has 0 aliphatic carbocycles. The zero-order valence-corrected chi connectivity index (χ0v) is 15.6. The molecule has 4 nitrogen and oxygen atoms in total. The van der Waals surface area contributed by atoms with Gasteiger partial charge in [0.25, 0.3) is 5.56 Å². The molecule has 0 saturated heterocycles. The van der Waals surface area contributed by atoms with Gasteiger partial charge in [0.05, 0.1) is 10.1 Å². The Morgan fingerprint density at radius 2 is 1.76 bits per heavy atom. The Morgan fingerprint density at radius 1 is 1.03 bits per heavy atom. The number of aromatic nitrogens is 3. The van der Waals surface area contributed by atoms with Gasteiger partial charge in [0, 0.05) is 6.42 Å². The van der Waals surface area contributed by atoms with Crippen LogP contribution < -0.4 is 10.1 Å². The van der Waals surface area contributed by atoms with Crippen molar-refractivity contribution in [1.82, 2.24) is 14.6 Å². The summed E-state index contributed by atoms with van der Waals surface area (Å²) in [5, 5.41) is 4.14. The van der Waals surface area contributed by atoms with Crippen LogP contribution in [0.5, 0.6) is 0 Å². The highest BCUT2D eigenvalue weighted by molar-refractivity contribution is 7.15. The molecule has 0 unspecified atom stereocenters. The van der Waals surface area contributed by atoms with Gasteiger partial charge < -0.3 is 0 Å². The van der Waals surface area contributed by atoms with Crippen molar-refractivity contribution in [2.75, 3.05) is 0 Å². The Hall–Kier alpha value is -3.07. The first-order valence-corrected chi connectivity index (χ1v) is 9.44. The van der Waals surface area contributed by atoms with Gasteiger partial charge in [0.2, 0.25) is 4.96 Å². The van der Waals surface area contributed by atoms with Crippen LogP contribution in [0.4, 0.5) is 17.6 Å². The second-order valence-electron chi connectivity index (χ2n) is 6.34. The molecule has 2 heterocycles. The van der Waals surface area contributed by atoms with Crippen molar-refractivity contribution in [2.45, 2.75) is 19.0 Å². The van der Waals surface area contributed by atoms with Crippen LogP contribution in [-0.2, 0) is 19.0 Å². The monoisotopic (exact) mass is 419 g/mol. The molecular weight excluding hydrogens is 406 g/mol. The van der Waals surface area contributed by atoms with Crippen molar-refractivity contribution in [3.8, 4) is 0 Å². The highest BCUT2D eigenvalue weighted by Gasteiger charge is 2.32. The van der Waals surface area contributed by atoms with Crippen molar-refractivity contribution in [1.29, 1.82) is 0 Å². The standard InChI is InChI=1S/C20H13F4N3OS/c21-14-8-5-12(6-9-14)11-16-18(28)27-19(29-16)25-17(26-27)10-7-13-3-1-2-4-15(13)20(22,23)24/h1-6,8-9,11H,7,10H2/b16-11-. The normalized spacial score (nSPS) is 12.8. The van der Waals surface area contributed by atoms with Crippen molar-refractivity contribution < 1.29 is 17.6 Å². The van der Waals surface area contributed by atoms with E-state index in [9.17, 15) is 22.4 Å². The Morgan fingerprint density at radius 3 is 2.45 bits per heavy atom. The fourth-order valence-corrected chi connectivity index (χ4v) is 3.88. The van der Waals surface area contributed by atoms with Crippen LogP contribution in [0, 0.1) is 5.82 Å². The molecule has 0 spiro atoms. The van der Waals surface area contributed by atoms with Crippen molar-refractivity contribution in [3.63, 3.8) is 0 Å². The summed E-state index contributed by atoms with van der Waals surface area (Å²) < 4.78 is 53.8. The smallest absolute Gasteiger partial charge is 0.266 e. The van der Waals surface area contributed by atoms with E-state index in [1.54, 1.807) is 24.3 Å². The topological polar surface area (TPSA) is 47.3 Å². The van der Waals surface area contributed by atoms with Crippen LogP contribution in [0.1, 0.15) is 22.5 Å². The lowest BCUT2D eigenvalue weighted by molar-refractivity contribution is -0.138. The first-order valence-electron chi connectivity index (χ1n) is 8.62. The lowest BCUT2D eigenvalue weighted by Gasteiger charge is -2.11. The average molecular weight is 419 g/mol. The molecule has 4 rings (SSSR count). The van der Waals surface area contributed by atoms with E-state index in [1.807, 2.05) is 0 Å². The maximum absolute atomic E-state index is 13.1. The van der Waals surface area contributed by atoms with E-state index >= 15 is 0 Å². The molecular formula is C20H13F4N3OS. The number of thiazole rings is 1. The molecule has 0 N–H and O–H groups in total. The third kappa shape index (κ3) is 4.04. The first-order chi connectivity index (χ1) is 13.8. The fraction of sp³-hybridized carbons (Fsp3) is 0.150. The van der Waals surface area contributed by atoms with Gasteiger partial charge in [-0.3, -0.25) is 4.79 Å². The number of benzene rings is 2. The van der Waals surface area contributed by atoms with Crippen LogP contribution >= 0.6 is 11.3 Å². The molecule has 2 aromatic carbocycles. The Labute approximate surface area is 165 Å². The summed E-state index contributed by atoms with van der Waals surface area (Å²) in [6.07, 6.45) is -2.53. The molecule has 9 heteroatoms. The number of aryl methyl sites for hydroxylation is 2. The predicted octanol–water partition coefficient (Wildman–Crippen LogP) is 3.64. The van der Waals surface area contributed by atoms with E-state index in [2.05, 4.69) is 10.1 Å². The molecule has 29 heavy (non-hydrogen) atoms. The lowest BCUT2D eigenvalue weighted by atomic mass is 10.0. The van der Waals surface area contributed by atoms with Crippen LogP contribution in [0.25, 0.3) is 11.0 Å². The van der Waals surface area contributed by atoms with Crippen molar-refractivity contribution in [3.05, 3.63) is 91.7 Å². The van der Waals surface area contributed by atoms with Gasteiger partial charge in [0.1, 0.15) is 5.82 Å². The second-order valence-corrected chi connectivity index (χ2v) is 7.35. The molecule has 4 aromatic rings. The largest absolute Gasteiger partial charge is 0.416 e. The van der Waals surface area contributed by atoms with Crippen molar-refractivity contribution >= 4 is 22.4 Å². The number of rotatable bonds is 4. The summed E-state index contributed by atoms with van der Waals surface area (Å²) in [6, 6.07) is 11.1. The number of hydrogen-bond donors (Lipinski definition) is 0. The summed E-state index contributed by atoms with van der Waals surface area (Å²) in [5.74, 6) is -0.0671. The highest BCUT2D eigenvalue weighted by Crippen LogP contribution is 2.32. The van der Waals surface area contributed by atoms with E-state index in [0.29, 0.717) is 20.9 Å². The predicted molar refractivity (Wildman–Crippen MR) is 101 cm³/mol. The molecule has 0 amide bonds. The molecule has 0 atom stereocenters. The van der Waals surface area contributed by atoms with Crippen molar-refractivity contribution in [2.24, 2.45) is 0 Å². The van der Waals surface area contributed by atoms with Crippen LogP contribution in [0.3, 0.4) is 0 Å². The van der Waals surface area contributed by atoms with Gasteiger partial charge in [0.15, 0.2) is 5.82 Å². The summed E-state index contributed by atoms with van der Waals surface area (Å²) in [6.45, 7) is 0. The molecule has 148 valence electrons. The Balaban J connectivity index is 1.59. The Kier molecular flexibility index (Phi) is 4.91. The van der Waals surface area contributed by atoms with E-state index in [-0.39, 0.29) is 29.8 Å². The number of halogens is 4. The second kappa shape index (κ2) is 7.40. The van der Waals surface area contributed by atoms with Gasteiger partial charge in [-0.15, -0.1) is 5.10 Å². The van der Waals surface area contributed by atoms with E-state index in [1.165, 1.54) is 24.3 Å². The lowest BCUT2D eigenvalue weighted by Crippen LogP contribution is -2.23. The highest BCUT2D eigenvalue weighted by atomic mass is 32.1. The molecule has 2 aromatic heterocycles. The quantitative estimate of drug-likeness (QED) is 0.475. The molecule has 0 aliphatic rings. The SMILES string of the molecule is O=c1/c(=C/c2ccc(F)cc2)sc2nc(CCc3ccccc3C(F)(F)F)nn12. The first kappa shape index (κ1) is 19.3. The molecule has 0 saturated carbocycles. The minimum atomic E-state index is -4.42. The van der Waals surface area contributed by atoms with Crippen LogP contribution in [0.2, 0.25) is 0 Å². The van der Waals surface area contributed by atoms with E-state index in [0.717, 1.165) is 21.9 Å². The van der Waals surface area contributed by atoms with Crippen LogP contribution in [-0.4, -0.2) is 14.6 Å². The minimum Gasteiger partial charge on any atom is -0.266 e. The maximum Gasteiger partial charge on any atom is 0.416 e. The van der Waals surface area contributed by atoms with Gasteiger partial charge in [-0.05, 0) is 41.8 Å². The molecule has 0 bridgehead atoms. The third-order valence-electron chi connectivity index (χ3n) is 4.33. The molecule has 0 fully saturated rings. The average Bonchev–Trinajstić information content (AvgIpc) is 3.20. The number of fused-ring (bicyclic) bond motifs is 1. The van der Waals surface area contributed by atoms with E-state index in [4.69, 9.17) is 0 Å². The third-order valence-corrected chi connectivity index (χ3v) is 5.29. The van der Waals surface area contributed by atoms with Gasteiger partial charge in [-0.2, -0.15) is 17.7 Å². The maximum atomic E-state index is 13.1. The zero-order chi connectivity index (χ0) is 20.6. The van der Waals surface area contributed by atoms with Crippen LogP contribution in [0.15, 0.2) is 53.3 Å². The number of hydrogen-bond acceptors (Lipinski definition) is 4. The molecule has 0 radical (unpaired) electrons. The van der Waals surface area contributed by atoms with Gasteiger partial charge in [-0.25, -0.2) is 9.37 Å².